The maximum atomic E-state index is 5.92. The number of hydrogen-bond acceptors (Lipinski definition) is 2. The second-order valence-corrected chi connectivity index (χ2v) is 4.90. The molecule has 86 valence electrons. The fourth-order valence-corrected chi connectivity index (χ4v) is 2.21. The van der Waals surface area contributed by atoms with Gasteiger partial charge >= 0.3 is 0 Å². The molecule has 0 saturated carbocycles. The smallest absolute Gasteiger partial charge is 0.128 e. The van der Waals surface area contributed by atoms with Crippen molar-refractivity contribution in [2.24, 2.45) is 5.73 Å². The number of fused-ring (bicyclic) bond motifs is 1. The first-order valence-corrected chi connectivity index (χ1v) is 5.74. The van der Waals surface area contributed by atoms with Crippen LogP contribution in [0.5, 0.6) is 5.75 Å². The first-order chi connectivity index (χ1) is 7.52. The summed E-state index contributed by atoms with van der Waals surface area (Å²) in [5.74, 6) is 0.978. The van der Waals surface area contributed by atoms with Crippen LogP contribution < -0.4 is 10.5 Å². The third kappa shape index (κ3) is 2.12. The molecule has 0 aliphatic carbocycles. The molecule has 1 aromatic rings. The molecule has 1 aromatic carbocycles. The number of ether oxygens (including phenoxy) is 1. The standard InChI is InChI=1S/C14H19NO/c1-10-9-14(2,3)16-13-5-4-11(6-7-15)8-12(10)13/h4-5,8-9H,6-7,15H2,1-3H3. The fraction of sp³-hybridized carbons (Fsp3) is 0.429. The molecule has 2 rings (SSSR count). The van der Waals surface area contributed by atoms with E-state index in [1.807, 2.05) is 0 Å². The zero-order chi connectivity index (χ0) is 11.8. The van der Waals surface area contributed by atoms with Gasteiger partial charge in [-0.1, -0.05) is 6.07 Å². The minimum atomic E-state index is -0.202. The van der Waals surface area contributed by atoms with E-state index in [0.29, 0.717) is 6.54 Å². The summed E-state index contributed by atoms with van der Waals surface area (Å²) in [5, 5.41) is 0. The van der Waals surface area contributed by atoms with Crippen LogP contribution in [0, 0.1) is 0 Å². The molecular weight excluding hydrogens is 198 g/mol. The Morgan fingerprint density at radius 3 is 2.75 bits per heavy atom. The summed E-state index contributed by atoms with van der Waals surface area (Å²) in [7, 11) is 0. The van der Waals surface area contributed by atoms with Crippen LogP contribution >= 0.6 is 0 Å². The highest BCUT2D eigenvalue weighted by Crippen LogP contribution is 2.36. The Morgan fingerprint density at radius 1 is 1.31 bits per heavy atom. The van der Waals surface area contributed by atoms with Crippen molar-refractivity contribution in [3.05, 3.63) is 35.4 Å². The lowest BCUT2D eigenvalue weighted by Crippen LogP contribution is -2.28. The van der Waals surface area contributed by atoms with E-state index >= 15 is 0 Å². The Morgan fingerprint density at radius 2 is 2.06 bits per heavy atom. The molecule has 0 bridgehead atoms. The topological polar surface area (TPSA) is 35.2 Å². The molecule has 0 unspecified atom stereocenters. The lowest BCUT2D eigenvalue weighted by Gasteiger charge is -2.30. The van der Waals surface area contributed by atoms with Crippen molar-refractivity contribution >= 4 is 5.57 Å². The Bertz CT molecular complexity index is 432. The minimum Gasteiger partial charge on any atom is -0.483 e. The summed E-state index contributed by atoms with van der Waals surface area (Å²) in [6.45, 7) is 6.98. The normalized spacial score (nSPS) is 17.4. The average Bonchev–Trinajstić information content (AvgIpc) is 2.18. The zero-order valence-corrected chi connectivity index (χ0v) is 10.2. The average molecular weight is 217 g/mol. The van der Waals surface area contributed by atoms with E-state index in [2.05, 4.69) is 45.0 Å². The molecule has 0 amide bonds. The molecule has 0 atom stereocenters. The second kappa shape index (κ2) is 3.95. The summed E-state index contributed by atoms with van der Waals surface area (Å²) in [6.07, 6.45) is 3.09. The zero-order valence-electron chi connectivity index (χ0n) is 10.2. The van der Waals surface area contributed by atoms with Gasteiger partial charge in [0.25, 0.3) is 0 Å². The van der Waals surface area contributed by atoms with Gasteiger partial charge in [-0.25, -0.2) is 0 Å². The Labute approximate surface area is 97.1 Å². The van der Waals surface area contributed by atoms with Gasteiger partial charge in [0.2, 0.25) is 0 Å². The van der Waals surface area contributed by atoms with Crippen molar-refractivity contribution in [3.63, 3.8) is 0 Å². The van der Waals surface area contributed by atoms with Gasteiger partial charge in [-0.2, -0.15) is 0 Å². The van der Waals surface area contributed by atoms with E-state index in [9.17, 15) is 0 Å². The molecule has 0 fully saturated rings. The highest BCUT2D eigenvalue weighted by atomic mass is 16.5. The molecule has 2 N–H and O–H groups in total. The van der Waals surface area contributed by atoms with Gasteiger partial charge in [0, 0.05) is 5.56 Å². The number of benzene rings is 1. The van der Waals surface area contributed by atoms with Crippen LogP contribution in [0.4, 0.5) is 0 Å². The molecule has 2 heteroatoms. The van der Waals surface area contributed by atoms with Crippen LogP contribution in [0.25, 0.3) is 5.57 Å². The summed E-state index contributed by atoms with van der Waals surface area (Å²) >= 11 is 0. The van der Waals surface area contributed by atoms with Gasteiger partial charge in [0.15, 0.2) is 0 Å². The Balaban J connectivity index is 2.42. The number of nitrogens with two attached hydrogens (primary N) is 1. The SMILES string of the molecule is CC1=CC(C)(C)Oc2ccc(CCN)cc21. The van der Waals surface area contributed by atoms with Crippen LogP contribution in [0.2, 0.25) is 0 Å². The van der Waals surface area contributed by atoms with Gasteiger partial charge in [0.1, 0.15) is 11.4 Å². The van der Waals surface area contributed by atoms with Crippen LogP contribution in [-0.2, 0) is 6.42 Å². The number of allylic oxidation sites excluding steroid dienone is 1. The van der Waals surface area contributed by atoms with Gasteiger partial charge in [-0.3, -0.25) is 0 Å². The van der Waals surface area contributed by atoms with E-state index in [0.717, 1.165) is 12.2 Å². The Kier molecular flexibility index (Phi) is 2.76. The monoisotopic (exact) mass is 217 g/mol. The highest BCUT2D eigenvalue weighted by molar-refractivity contribution is 5.72. The quantitative estimate of drug-likeness (QED) is 0.826. The second-order valence-electron chi connectivity index (χ2n) is 4.90. The molecule has 1 aliphatic rings. The maximum Gasteiger partial charge on any atom is 0.128 e. The van der Waals surface area contributed by atoms with Crippen molar-refractivity contribution in [3.8, 4) is 5.75 Å². The molecular formula is C14H19NO. The van der Waals surface area contributed by atoms with Crippen LogP contribution in [0.15, 0.2) is 24.3 Å². The summed E-state index contributed by atoms with van der Waals surface area (Å²) < 4.78 is 5.92. The molecule has 0 saturated heterocycles. The van der Waals surface area contributed by atoms with Gasteiger partial charge in [-0.15, -0.1) is 0 Å². The van der Waals surface area contributed by atoms with Crippen molar-refractivity contribution in [1.82, 2.24) is 0 Å². The van der Waals surface area contributed by atoms with Gasteiger partial charge in [0.05, 0.1) is 0 Å². The first kappa shape index (κ1) is 11.2. The lowest BCUT2D eigenvalue weighted by atomic mass is 9.94. The van der Waals surface area contributed by atoms with Crippen molar-refractivity contribution < 1.29 is 4.74 Å². The first-order valence-electron chi connectivity index (χ1n) is 5.74. The van der Waals surface area contributed by atoms with E-state index in [4.69, 9.17) is 10.5 Å². The van der Waals surface area contributed by atoms with Crippen molar-refractivity contribution in [2.75, 3.05) is 6.54 Å². The highest BCUT2D eigenvalue weighted by Gasteiger charge is 2.24. The molecule has 16 heavy (non-hydrogen) atoms. The molecule has 0 radical (unpaired) electrons. The largest absolute Gasteiger partial charge is 0.483 e. The minimum absolute atomic E-state index is 0.202. The van der Waals surface area contributed by atoms with E-state index in [1.165, 1.54) is 16.7 Å². The van der Waals surface area contributed by atoms with Crippen molar-refractivity contribution in [2.45, 2.75) is 32.8 Å². The van der Waals surface area contributed by atoms with Gasteiger partial charge < -0.3 is 10.5 Å². The third-order valence-corrected chi connectivity index (χ3v) is 2.84. The molecule has 1 aliphatic heterocycles. The van der Waals surface area contributed by atoms with Crippen LogP contribution in [-0.4, -0.2) is 12.1 Å². The summed E-state index contributed by atoms with van der Waals surface area (Å²) in [6, 6.07) is 6.34. The van der Waals surface area contributed by atoms with Crippen LogP contribution in [0.1, 0.15) is 31.9 Å². The molecule has 2 nitrogen and oxygen atoms in total. The predicted octanol–water partition coefficient (Wildman–Crippen LogP) is 2.76. The van der Waals surface area contributed by atoms with E-state index in [-0.39, 0.29) is 5.60 Å². The number of hydrogen-bond donors (Lipinski definition) is 1. The predicted molar refractivity (Wildman–Crippen MR) is 67.6 cm³/mol. The molecule has 0 spiro atoms. The molecule has 1 heterocycles. The Hall–Kier alpha value is -1.28. The number of rotatable bonds is 2. The molecule has 0 aromatic heterocycles. The van der Waals surface area contributed by atoms with Gasteiger partial charge in [-0.05, 0) is 63.1 Å². The summed E-state index contributed by atoms with van der Waals surface area (Å²) in [5.41, 5.74) is 9.12. The van der Waals surface area contributed by atoms with Crippen molar-refractivity contribution in [1.29, 1.82) is 0 Å². The van der Waals surface area contributed by atoms with E-state index in [1.54, 1.807) is 0 Å². The summed E-state index contributed by atoms with van der Waals surface area (Å²) in [4.78, 5) is 0. The lowest BCUT2D eigenvalue weighted by molar-refractivity contribution is 0.158. The third-order valence-electron chi connectivity index (χ3n) is 2.84. The maximum absolute atomic E-state index is 5.92. The van der Waals surface area contributed by atoms with Crippen LogP contribution in [0.3, 0.4) is 0 Å². The van der Waals surface area contributed by atoms with E-state index < -0.39 is 0 Å². The fourth-order valence-electron chi connectivity index (χ4n) is 2.21.